The maximum absolute atomic E-state index is 12.3. The van der Waals surface area contributed by atoms with E-state index >= 15 is 0 Å². The van der Waals surface area contributed by atoms with E-state index in [1.807, 2.05) is 11.4 Å². The third-order valence-electron chi connectivity index (χ3n) is 3.10. The molecule has 2 heterocycles. The molecule has 0 fully saturated rings. The fourth-order valence-electron chi connectivity index (χ4n) is 1.88. The number of pyridine rings is 1. The number of amides is 1. The van der Waals surface area contributed by atoms with Gasteiger partial charge in [0.2, 0.25) is 0 Å². The van der Waals surface area contributed by atoms with Gasteiger partial charge < -0.3 is 5.32 Å². The van der Waals surface area contributed by atoms with Crippen LogP contribution in [0.2, 0.25) is 30.8 Å². The van der Waals surface area contributed by atoms with Gasteiger partial charge in [0.05, 0.1) is 11.3 Å². The van der Waals surface area contributed by atoms with E-state index in [1.54, 1.807) is 29.7 Å². The Hall–Kier alpha value is -1.17. The second-order valence-corrected chi connectivity index (χ2v) is 13.1. The van der Waals surface area contributed by atoms with Gasteiger partial charge in [-0.3, -0.25) is 4.79 Å². The zero-order valence-electron chi connectivity index (χ0n) is 12.4. The molecule has 2 aromatic heterocycles. The van der Waals surface area contributed by atoms with E-state index in [4.69, 9.17) is 11.6 Å². The summed E-state index contributed by atoms with van der Waals surface area (Å²) < 4.78 is 0. The molecule has 0 unspecified atom stereocenters. The first-order valence-corrected chi connectivity index (χ1v) is 11.8. The molecule has 0 saturated heterocycles. The van der Waals surface area contributed by atoms with Gasteiger partial charge in [0.15, 0.2) is 0 Å². The molecular formula is C15H19ClN2OSSi. The van der Waals surface area contributed by atoms with Crippen LogP contribution in [0.4, 0.5) is 5.69 Å². The Bertz CT molecular complexity index is 637. The first kappa shape index (κ1) is 16.2. The minimum atomic E-state index is -1.09. The van der Waals surface area contributed by atoms with Gasteiger partial charge >= 0.3 is 0 Å². The van der Waals surface area contributed by atoms with E-state index in [1.165, 1.54) is 10.9 Å². The molecule has 21 heavy (non-hydrogen) atoms. The number of anilines is 1. The maximum atomic E-state index is 12.3. The summed E-state index contributed by atoms with van der Waals surface area (Å²) in [7, 11) is -1.09. The van der Waals surface area contributed by atoms with Crippen LogP contribution in [-0.2, 0) is 6.42 Å². The summed E-state index contributed by atoms with van der Waals surface area (Å²) in [6.45, 7) is 7.07. The smallest absolute Gasteiger partial charge is 0.258 e. The van der Waals surface area contributed by atoms with Crippen LogP contribution in [0, 0.1) is 0 Å². The quantitative estimate of drug-likeness (QED) is 0.620. The standard InChI is InChI=1S/C15H19ClN2OSSi/c1-21(2,3)10-7-13-12(6-9-20-13)18-15(19)11-5-4-8-17-14(11)16/h4-6,8-9H,7,10H2,1-3H3,(H,18,19). The third kappa shape index (κ3) is 4.66. The van der Waals surface area contributed by atoms with Crippen LogP contribution in [0.5, 0.6) is 0 Å². The lowest BCUT2D eigenvalue weighted by Crippen LogP contribution is -2.20. The molecule has 0 atom stereocenters. The SMILES string of the molecule is C[Si](C)(C)CCc1sccc1NC(=O)c1cccnc1Cl. The number of aromatic nitrogens is 1. The number of halogens is 1. The molecule has 0 aliphatic carbocycles. The number of thiophene rings is 1. The number of carbonyl (C=O) groups excluding carboxylic acids is 1. The fourth-order valence-corrected chi connectivity index (χ4v) is 4.10. The fraction of sp³-hybridized carbons (Fsp3) is 0.333. The molecule has 2 rings (SSSR count). The number of nitrogens with zero attached hydrogens (tertiary/aromatic N) is 1. The van der Waals surface area contributed by atoms with Crippen LogP contribution in [0.1, 0.15) is 15.2 Å². The van der Waals surface area contributed by atoms with Crippen LogP contribution in [0.25, 0.3) is 0 Å². The zero-order chi connectivity index (χ0) is 15.5. The van der Waals surface area contributed by atoms with Crippen LogP contribution in [0.15, 0.2) is 29.8 Å². The highest BCUT2D eigenvalue weighted by molar-refractivity contribution is 7.10. The molecule has 6 heteroatoms. The summed E-state index contributed by atoms with van der Waals surface area (Å²) in [5.74, 6) is -0.208. The molecule has 0 saturated carbocycles. The molecule has 1 amide bonds. The second-order valence-electron chi connectivity index (χ2n) is 6.11. The molecule has 1 N–H and O–H groups in total. The van der Waals surface area contributed by atoms with E-state index < -0.39 is 8.07 Å². The molecule has 3 nitrogen and oxygen atoms in total. The van der Waals surface area contributed by atoms with Crippen molar-refractivity contribution in [3.8, 4) is 0 Å². The van der Waals surface area contributed by atoms with Gasteiger partial charge in [0, 0.05) is 19.1 Å². The van der Waals surface area contributed by atoms with Crippen molar-refractivity contribution in [2.45, 2.75) is 32.1 Å². The summed E-state index contributed by atoms with van der Waals surface area (Å²) in [4.78, 5) is 17.4. The average Bonchev–Trinajstić information content (AvgIpc) is 2.83. The normalized spacial score (nSPS) is 11.4. The lowest BCUT2D eigenvalue weighted by atomic mass is 10.2. The minimum absolute atomic E-state index is 0.208. The van der Waals surface area contributed by atoms with Gasteiger partial charge in [0.1, 0.15) is 5.15 Å². The molecule has 0 spiro atoms. The molecular weight excluding hydrogens is 320 g/mol. The Labute approximate surface area is 135 Å². The Balaban J connectivity index is 2.09. The van der Waals surface area contributed by atoms with Crippen molar-refractivity contribution in [1.82, 2.24) is 4.98 Å². The van der Waals surface area contributed by atoms with Gasteiger partial charge in [-0.15, -0.1) is 11.3 Å². The highest BCUT2D eigenvalue weighted by Crippen LogP contribution is 2.27. The Morgan fingerprint density at radius 3 is 2.81 bits per heavy atom. The molecule has 0 aliphatic rings. The van der Waals surface area contributed by atoms with Crippen LogP contribution < -0.4 is 5.32 Å². The monoisotopic (exact) mass is 338 g/mol. The summed E-state index contributed by atoms with van der Waals surface area (Å²) in [5, 5.41) is 5.19. The number of hydrogen-bond donors (Lipinski definition) is 1. The van der Waals surface area contributed by atoms with E-state index in [-0.39, 0.29) is 11.1 Å². The first-order chi connectivity index (χ1) is 9.87. The van der Waals surface area contributed by atoms with E-state index in [0.29, 0.717) is 5.56 Å². The van der Waals surface area contributed by atoms with Crippen LogP contribution in [-0.4, -0.2) is 19.0 Å². The minimum Gasteiger partial charge on any atom is -0.321 e. The Kier molecular flexibility index (Phi) is 5.19. The van der Waals surface area contributed by atoms with Crippen molar-refractivity contribution < 1.29 is 4.79 Å². The van der Waals surface area contributed by atoms with E-state index in [9.17, 15) is 4.79 Å². The molecule has 0 aromatic carbocycles. The van der Waals surface area contributed by atoms with Gasteiger partial charge in [-0.05, 0) is 30.0 Å². The van der Waals surface area contributed by atoms with Gasteiger partial charge in [-0.1, -0.05) is 37.3 Å². The lowest BCUT2D eigenvalue weighted by molar-refractivity contribution is 0.102. The summed E-state index contributed by atoms with van der Waals surface area (Å²) in [6, 6.07) is 6.55. The van der Waals surface area contributed by atoms with Gasteiger partial charge in [0.25, 0.3) is 5.91 Å². The number of carbonyl (C=O) groups is 1. The van der Waals surface area contributed by atoms with Crippen LogP contribution in [0.3, 0.4) is 0 Å². The van der Waals surface area contributed by atoms with Crippen molar-refractivity contribution in [1.29, 1.82) is 0 Å². The summed E-state index contributed by atoms with van der Waals surface area (Å²) >= 11 is 7.65. The van der Waals surface area contributed by atoms with Gasteiger partial charge in [-0.2, -0.15) is 0 Å². The van der Waals surface area contributed by atoms with Crippen molar-refractivity contribution in [2.24, 2.45) is 0 Å². The van der Waals surface area contributed by atoms with Crippen LogP contribution >= 0.6 is 22.9 Å². The maximum Gasteiger partial charge on any atom is 0.258 e. The van der Waals surface area contributed by atoms with Gasteiger partial charge in [-0.25, -0.2) is 4.98 Å². The van der Waals surface area contributed by atoms with E-state index in [0.717, 1.165) is 12.1 Å². The molecule has 0 bridgehead atoms. The number of nitrogens with one attached hydrogen (secondary N) is 1. The highest BCUT2D eigenvalue weighted by Gasteiger charge is 2.17. The third-order valence-corrected chi connectivity index (χ3v) is 6.13. The predicted molar refractivity (Wildman–Crippen MR) is 93.4 cm³/mol. The average molecular weight is 339 g/mol. The second kappa shape index (κ2) is 6.73. The topological polar surface area (TPSA) is 42.0 Å². The number of aryl methyl sites for hydroxylation is 1. The van der Waals surface area contributed by atoms with Crippen molar-refractivity contribution in [2.75, 3.05) is 5.32 Å². The molecule has 112 valence electrons. The zero-order valence-corrected chi connectivity index (χ0v) is 15.0. The first-order valence-electron chi connectivity index (χ1n) is 6.85. The number of rotatable bonds is 5. The largest absolute Gasteiger partial charge is 0.321 e. The Morgan fingerprint density at radius 1 is 1.38 bits per heavy atom. The van der Waals surface area contributed by atoms with Crippen molar-refractivity contribution in [3.05, 3.63) is 45.4 Å². The molecule has 0 aliphatic heterocycles. The summed E-state index contributed by atoms with van der Waals surface area (Å²) in [6.07, 6.45) is 2.59. The van der Waals surface area contributed by atoms with Crippen molar-refractivity contribution in [3.63, 3.8) is 0 Å². The number of hydrogen-bond acceptors (Lipinski definition) is 3. The molecule has 2 aromatic rings. The highest BCUT2D eigenvalue weighted by atomic mass is 35.5. The Morgan fingerprint density at radius 2 is 2.14 bits per heavy atom. The molecule has 0 radical (unpaired) electrons. The lowest BCUT2D eigenvalue weighted by Gasteiger charge is -2.15. The van der Waals surface area contributed by atoms with E-state index in [2.05, 4.69) is 29.9 Å². The van der Waals surface area contributed by atoms with Crippen molar-refractivity contribution >= 4 is 42.6 Å². The summed E-state index contributed by atoms with van der Waals surface area (Å²) in [5.41, 5.74) is 1.30. The predicted octanol–water partition coefficient (Wildman–Crippen LogP) is 4.93.